The fourth-order valence-electron chi connectivity index (χ4n) is 4.81. The highest BCUT2D eigenvalue weighted by Gasteiger charge is 2.20. The van der Waals surface area contributed by atoms with E-state index in [2.05, 4.69) is 30.6 Å². The number of nitrogens with zero attached hydrogens (tertiary/aromatic N) is 5. The van der Waals surface area contributed by atoms with Gasteiger partial charge in [0.1, 0.15) is 22.9 Å². The van der Waals surface area contributed by atoms with Gasteiger partial charge in [-0.3, -0.25) is 0 Å². The first-order chi connectivity index (χ1) is 17.3. The maximum atomic E-state index is 14.9. The zero-order chi connectivity index (χ0) is 25.4. The van der Waals surface area contributed by atoms with Crippen LogP contribution in [0.2, 0.25) is 0 Å². The summed E-state index contributed by atoms with van der Waals surface area (Å²) in [5.41, 5.74) is 2.00. The second-order valence-corrected chi connectivity index (χ2v) is 9.55. The third kappa shape index (κ3) is 4.86. The Morgan fingerprint density at radius 1 is 1.00 bits per heavy atom. The number of imidazole rings is 1. The third-order valence-electron chi connectivity index (χ3n) is 6.53. The largest absolute Gasteiger partial charge is 0.393 e. The number of hydrogen-bond acceptors (Lipinski definition) is 7. The van der Waals surface area contributed by atoms with Crippen LogP contribution in [0.4, 0.5) is 26.2 Å². The lowest BCUT2D eigenvalue weighted by Crippen LogP contribution is -2.28. The molecule has 4 aromatic rings. The summed E-state index contributed by atoms with van der Waals surface area (Å²) in [6.07, 6.45) is 5.99. The average Bonchev–Trinajstić information content (AvgIpc) is 3.19. The molecule has 1 aliphatic carbocycles. The molecule has 1 fully saturated rings. The lowest BCUT2D eigenvalue weighted by molar-refractivity contribution is 0.126. The summed E-state index contributed by atoms with van der Waals surface area (Å²) in [4.78, 5) is 17.1. The molecule has 3 heterocycles. The van der Waals surface area contributed by atoms with E-state index in [4.69, 9.17) is 0 Å². The van der Waals surface area contributed by atoms with Gasteiger partial charge in [-0.15, -0.1) is 0 Å². The van der Waals surface area contributed by atoms with Gasteiger partial charge in [0, 0.05) is 17.6 Å². The van der Waals surface area contributed by atoms with E-state index in [9.17, 15) is 13.9 Å². The molecule has 3 aromatic heterocycles. The SMILES string of the molecule is Cc1nc2c(F)cc(-c3nc(Nc4ccc(NC5CCC(O)CC5)cn4)ncc3F)cc2n1C(C)C. The van der Waals surface area contributed by atoms with Gasteiger partial charge >= 0.3 is 0 Å². The monoisotopic (exact) mass is 493 g/mol. The van der Waals surface area contributed by atoms with Crippen molar-refractivity contribution < 1.29 is 13.9 Å². The van der Waals surface area contributed by atoms with Gasteiger partial charge < -0.3 is 20.3 Å². The van der Waals surface area contributed by atoms with Gasteiger partial charge in [-0.2, -0.15) is 0 Å². The molecule has 8 nitrogen and oxygen atoms in total. The van der Waals surface area contributed by atoms with E-state index in [1.807, 2.05) is 31.4 Å². The van der Waals surface area contributed by atoms with Gasteiger partial charge in [0.2, 0.25) is 5.95 Å². The van der Waals surface area contributed by atoms with Crippen LogP contribution in [0.15, 0.2) is 36.7 Å². The Kier molecular flexibility index (Phi) is 6.53. The van der Waals surface area contributed by atoms with Crippen molar-refractivity contribution in [3.63, 3.8) is 0 Å². The number of halogens is 2. The highest BCUT2D eigenvalue weighted by molar-refractivity contribution is 5.83. The van der Waals surface area contributed by atoms with Crippen molar-refractivity contribution in [3.8, 4) is 11.3 Å². The maximum Gasteiger partial charge on any atom is 0.229 e. The fourth-order valence-corrected chi connectivity index (χ4v) is 4.81. The lowest BCUT2D eigenvalue weighted by Gasteiger charge is -2.26. The van der Waals surface area contributed by atoms with Crippen LogP contribution in [0.1, 0.15) is 51.4 Å². The number of anilines is 3. The van der Waals surface area contributed by atoms with E-state index < -0.39 is 11.6 Å². The molecular formula is C26H29F2N7O. The van der Waals surface area contributed by atoms with Crippen LogP contribution in [0, 0.1) is 18.6 Å². The molecule has 0 amide bonds. The molecule has 0 atom stereocenters. The van der Waals surface area contributed by atoms with Gasteiger partial charge in [-0.1, -0.05) is 0 Å². The van der Waals surface area contributed by atoms with E-state index in [1.54, 1.807) is 18.3 Å². The molecular weight excluding hydrogens is 464 g/mol. The Morgan fingerprint density at radius 3 is 2.47 bits per heavy atom. The molecule has 5 rings (SSSR count). The molecule has 3 N–H and O–H groups in total. The van der Waals surface area contributed by atoms with Crippen LogP contribution < -0.4 is 10.6 Å². The van der Waals surface area contributed by atoms with Gasteiger partial charge in [0.25, 0.3) is 0 Å². The molecule has 0 aliphatic heterocycles. The van der Waals surface area contributed by atoms with E-state index in [0.29, 0.717) is 28.8 Å². The molecule has 10 heteroatoms. The van der Waals surface area contributed by atoms with Gasteiger partial charge in [0.15, 0.2) is 11.6 Å². The Labute approximate surface area is 207 Å². The fraction of sp³-hybridized carbons (Fsp3) is 0.385. The van der Waals surface area contributed by atoms with Crippen LogP contribution in [0.25, 0.3) is 22.3 Å². The number of fused-ring (bicyclic) bond motifs is 1. The minimum Gasteiger partial charge on any atom is -0.393 e. The van der Waals surface area contributed by atoms with E-state index in [-0.39, 0.29) is 29.3 Å². The predicted octanol–water partition coefficient (Wildman–Crippen LogP) is 5.51. The highest BCUT2D eigenvalue weighted by atomic mass is 19.1. The summed E-state index contributed by atoms with van der Waals surface area (Å²) < 4.78 is 31.6. The molecule has 1 saturated carbocycles. The minimum absolute atomic E-state index is 0.0137. The summed E-state index contributed by atoms with van der Waals surface area (Å²) in [5, 5.41) is 16.1. The number of aliphatic hydroxyl groups is 1. The maximum absolute atomic E-state index is 14.9. The van der Waals surface area contributed by atoms with Crippen molar-refractivity contribution in [3.05, 3.63) is 54.1 Å². The van der Waals surface area contributed by atoms with Crippen molar-refractivity contribution in [2.24, 2.45) is 0 Å². The molecule has 188 valence electrons. The lowest BCUT2D eigenvalue weighted by atomic mass is 9.93. The Balaban J connectivity index is 1.38. The van der Waals surface area contributed by atoms with Crippen molar-refractivity contribution >= 4 is 28.5 Å². The third-order valence-corrected chi connectivity index (χ3v) is 6.53. The van der Waals surface area contributed by atoms with Crippen LogP contribution >= 0.6 is 0 Å². The van der Waals surface area contributed by atoms with Crippen LogP contribution in [-0.2, 0) is 0 Å². The first kappa shape index (κ1) is 24.1. The second-order valence-electron chi connectivity index (χ2n) is 9.55. The summed E-state index contributed by atoms with van der Waals surface area (Å²) in [7, 11) is 0. The van der Waals surface area contributed by atoms with Crippen molar-refractivity contribution in [1.82, 2.24) is 24.5 Å². The number of benzene rings is 1. The van der Waals surface area contributed by atoms with Crippen molar-refractivity contribution in [2.45, 2.75) is 64.6 Å². The van der Waals surface area contributed by atoms with E-state index >= 15 is 0 Å². The first-order valence-corrected chi connectivity index (χ1v) is 12.2. The predicted molar refractivity (Wildman–Crippen MR) is 135 cm³/mol. The topological polar surface area (TPSA) is 101 Å². The van der Waals surface area contributed by atoms with Crippen LogP contribution in [0.3, 0.4) is 0 Å². The number of aryl methyl sites for hydroxylation is 1. The van der Waals surface area contributed by atoms with E-state index in [0.717, 1.165) is 37.6 Å². The Morgan fingerprint density at radius 2 is 1.78 bits per heavy atom. The smallest absolute Gasteiger partial charge is 0.229 e. The molecule has 0 bridgehead atoms. The zero-order valence-corrected chi connectivity index (χ0v) is 20.5. The number of aromatic nitrogens is 5. The van der Waals surface area contributed by atoms with Crippen LogP contribution in [-0.4, -0.2) is 41.8 Å². The van der Waals surface area contributed by atoms with E-state index in [1.165, 1.54) is 6.07 Å². The highest BCUT2D eigenvalue weighted by Crippen LogP contribution is 2.30. The summed E-state index contributed by atoms with van der Waals surface area (Å²) >= 11 is 0. The van der Waals surface area contributed by atoms with Gasteiger partial charge in [0.05, 0.1) is 29.7 Å². The number of hydrogen-bond donors (Lipinski definition) is 3. The number of aliphatic hydroxyl groups excluding tert-OH is 1. The molecule has 0 unspecified atom stereocenters. The summed E-state index contributed by atoms with van der Waals surface area (Å²) in [6, 6.07) is 7.00. The molecule has 1 aliphatic rings. The quantitative estimate of drug-likeness (QED) is 0.325. The van der Waals surface area contributed by atoms with Crippen molar-refractivity contribution in [1.29, 1.82) is 0 Å². The Bertz CT molecular complexity index is 1380. The van der Waals surface area contributed by atoms with Crippen molar-refractivity contribution in [2.75, 3.05) is 10.6 Å². The summed E-state index contributed by atoms with van der Waals surface area (Å²) in [6.45, 7) is 5.79. The molecule has 0 spiro atoms. The molecule has 0 radical (unpaired) electrons. The normalized spacial score (nSPS) is 18.1. The number of rotatable bonds is 6. The molecule has 1 aromatic carbocycles. The van der Waals surface area contributed by atoms with Gasteiger partial charge in [-0.25, -0.2) is 28.7 Å². The summed E-state index contributed by atoms with van der Waals surface area (Å²) in [5.74, 6) is 0.139. The molecule has 36 heavy (non-hydrogen) atoms. The average molecular weight is 494 g/mol. The Hall–Kier alpha value is -3.66. The zero-order valence-electron chi connectivity index (χ0n) is 20.5. The number of nitrogens with one attached hydrogen (secondary N) is 2. The second kappa shape index (κ2) is 9.77. The number of pyridine rings is 1. The first-order valence-electron chi connectivity index (χ1n) is 12.2. The standard InChI is InChI=1S/C26H29F2N7O/c1-14(2)35-15(3)31-25-20(27)10-16(11-22(25)35)24-21(28)13-30-26(34-24)33-23-9-6-18(12-29-23)32-17-4-7-19(36)8-5-17/h6,9-14,17,19,32,36H,4-5,7-8H2,1-3H3,(H,29,30,33,34). The molecule has 0 saturated heterocycles. The van der Waals surface area contributed by atoms with Crippen LogP contribution in [0.5, 0.6) is 0 Å². The van der Waals surface area contributed by atoms with Gasteiger partial charge in [-0.05, 0) is 70.7 Å². The minimum atomic E-state index is -0.656.